The summed E-state index contributed by atoms with van der Waals surface area (Å²) in [6, 6.07) is 13.3. The Bertz CT molecular complexity index is 1520. The van der Waals surface area contributed by atoms with Crippen LogP contribution in [0.1, 0.15) is 29.5 Å². The number of rotatable bonds is 8. The molecule has 1 unspecified atom stereocenters. The van der Waals surface area contributed by atoms with E-state index >= 15 is 0 Å². The van der Waals surface area contributed by atoms with Gasteiger partial charge in [-0.25, -0.2) is 8.42 Å². The summed E-state index contributed by atoms with van der Waals surface area (Å²) < 4.78 is 79.5. The number of nitrogens with zero attached hydrogens (tertiary/aromatic N) is 1. The van der Waals surface area contributed by atoms with Gasteiger partial charge in [-0.15, -0.1) is 0 Å². The van der Waals surface area contributed by atoms with Gasteiger partial charge in [0, 0.05) is 12.0 Å². The Balaban J connectivity index is 1.77. The number of carboxylic acids is 1. The van der Waals surface area contributed by atoms with E-state index in [0.29, 0.717) is 28.0 Å². The maximum atomic E-state index is 13.7. The number of hydrogen-bond acceptors (Lipinski definition) is 5. The zero-order valence-electron chi connectivity index (χ0n) is 20.5. The van der Waals surface area contributed by atoms with Gasteiger partial charge in [-0.05, 0) is 60.5 Å². The smallest absolute Gasteiger partial charge is 0.416 e. The molecule has 0 saturated heterocycles. The van der Waals surface area contributed by atoms with Gasteiger partial charge >= 0.3 is 12.1 Å². The predicted molar refractivity (Wildman–Crippen MR) is 141 cm³/mol. The summed E-state index contributed by atoms with van der Waals surface area (Å²) in [7, 11) is -2.99. The molecule has 39 heavy (non-hydrogen) atoms. The Hall–Kier alpha value is -3.70. The highest BCUT2D eigenvalue weighted by molar-refractivity contribution is 7.92. The minimum atomic E-state index is -4.74. The highest BCUT2D eigenvalue weighted by Gasteiger charge is 2.37. The zero-order chi connectivity index (χ0) is 28.4. The van der Waals surface area contributed by atoms with Crippen molar-refractivity contribution in [1.29, 1.82) is 0 Å². The number of methoxy groups -OCH3 is 1. The van der Waals surface area contributed by atoms with Crippen molar-refractivity contribution >= 4 is 45.4 Å². The largest absolute Gasteiger partial charge is 0.496 e. The molecule has 206 valence electrons. The molecule has 1 heterocycles. The molecule has 1 aliphatic rings. The Morgan fingerprint density at radius 1 is 1.15 bits per heavy atom. The van der Waals surface area contributed by atoms with Crippen LogP contribution < -0.4 is 13.8 Å². The molecule has 12 heteroatoms. The summed E-state index contributed by atoms with van der Waals surface area (Å²) in [4.78, 5) is 10.6. The van der Waals surface area contributed by atoms with Crippen LogP contribution in [0.25, 0.3) is 12.2 Å². The van der Waals surface area contributed by atoms with Crippen LogP contribution in [0.5, 0.6) is 11.5 Å². The third-order valence-electron chi connectivity index (χ3n) is 6.02. The van der Waals surface area contributed by atoms with Gasteiger partial charge in [0.1, 0.15) is 17.6 Å². The van der Waals surface area contributed by atoms with Crippen LogP contribution in [0.15, 0.2) is 65.6 Å². The number of benzene rings is 3. The SMILES string of the molecule is COc1cccc(Cl)c1C=Cc1ccc2c(c1)N(S(=O)(=O)c1cccc(C(F)(F)F)c1)CC(CCC(=O)O)O2. The first-order valence-corrected chi connectivity index (χ1v) is 13.4. The molecule has 0 fully saturated rings. The first kappa shape index (κ1) is 28.3. The Kier molecular flexibility index (Phi) is 8.12. The lowest BCUT2D eigenvalue weighted by molar-refractivity contribution is -0.138. The van der Waals surface area contributed by atoms with Crippen LogP contribution in [-0.4, -0.2) is 39.3 Å². The molecule has 0 spiro atoms. The summed E-state index contributed by atoms with van der Waals surface area (Å²) in [6.07, 6.45) is -2.49. The van der Waals surface area contributed by atoms with E-state index in [0.717, 1.165) is 22.5 Å². The van der Waals surface area contributed by atoms with Gasteiger partial charge in [0.15, 0.2) is 0 Å². The number of carboxylic acid groups (broad SMARTS) is 1. The number of carbonyl (C=O) groups is 1. The van der Waals surface area contributed by atoms with Crippen molar-refractivity contribution in [2.75, 3.05) is 18.0 Å². The van der Waals surface area contributed by atoms with Gasteiger partial charge < -0.3 is 14.6 Å². The summed E-state index contributed by atoms with van der Waals surface area (Å²) >= 11 is 6.29. The molecule has 7 nitrogen and oxygen atoms in total. The van der Waals surface area contributed by atoms with Crippen LogP contribution in [0.4, 0.5) is 18.9 Å². The minimum absolute atomic E-state index is 0.00264. The quantitative estimate of drug-likeness (QED) is 0.311. The monoisotopic (exact) mass is 581 g/mol. The number of aliphatic carboxylic acids is 1. The van der Waals surface area contributed by atoms with Gasteiger partial charge in [0.25, 0.3) is 10.0 Å². The van der Waals surface area contributed by atoms with E-state index in [1.165, 1.54) is 19.2 Å². The molecule has 0 radical (unpaired) electrons. The molecule has 3 aromatic rings. The third kappa shape index (κ3) is 6.31. The number of halogens is 4. The van der Waals surface area contributed by atoms with E-state index < -0.39 is 38.7 Å². The van der Waals surface area contributed by atoms with E-state index in [2.05, 4.69) is 0 Å². The lowest BCUT2D eigenvalue weighted by atomic mass is 10.1. The number of fused-ring (bicyclic) bond motifs is 1. The maximum absolute atomic E-state index is 13.7. The lowest BCUT2D eigenvalue weighted by Crippen LogP contribution is -2.43. The molecule has 3 aromatic carbocycles. The molecule has 1 N–H and O–H groups in total. The third-order valence-corrected chi connectivity index (χ3v) is 8.12. The molecule has 4 rings (SSSR count). The van der Waals surface area contributed by atoms with E-state index in [9.17, 15) is 26.4 Å². The number of alkyl halides is 3. The summed E-state index contributed by atoms with van der Waals surface area (Å²) in [5.74, 6) is -0.415. The van der Waals surface area contributed by atoms with E-state index in [-0.39, 0.29) is 30.8 Å². The Morgan fingerprint density at radius 3 is 2.59 bits per heavy atom. The van der Waals surface area contributed by atoms with Crippen molar-refractivity contribution in [3.05, 3.63) is 82.4 Å². The fourth-order valence-corrected chi connectivity index (χ4v) is 5.87. The fourth-order valence-electron chi connectivity index (χ4n) is 4.09. The fraction of sp³-hybridized carbons (Fsp3) is 0.222. The van der Waals surface area contributed by atoms with E-state index in [1.54, 1.807) is 36.4 Å². The second kappa shape index (κ2) is 11.2. The van der Waals surface area contributed by atoms with Crippen molar-refractivity contribution in [1.82, 2.24) is 0 Å². The van der Waals surface area contributed by atoms with Gasteiger partial charge in [-0.1, -0.05) is 35.9 Å². The molecule has 0 aliphatic carbocycles. The number of ether oxygens (including phenoxy) is 2. The van der Waals surface area contributed by atoms with Crippen LogP contribution in [0.3, 0.4) is 0 Å². The predicted octanol–water partition coefficient (Wildman–Crippen LogP) is 6.36. The summed E-state index contributed by atoms with van der Waals surface area (Å²) in [5.41, 5.74) is 0.141. The van der Waals surface area contributed by atoms with Crippen molar-refractivity contribution in [2.24, 2.45) is 0 Å². The molecule has 0 aromatic heterocycles. The normalized spacial score (nSPS) is 15.6. The molecule has 1 aliphatic heterocycles. The minimum Gasteiger partial charge on any atom is -0.496 e. The highest BCUT2D eigenvalue weighted by atomic mass is 35.5. The second-order valence-electron chi connectivity index (χ2n) is 8.65. The van der Waals surface area contributed by atoms with Crippen LogP contribution in [-0.2, 0) is 21.0 Å². The summed E-state index contributed by atoms with van der Waals surface area (Å²) in [6.45, 7) is -0.287. The molecule has 0 amide bonds. The first-order valence-electron chi connectivity index (χ1n) is 11.6. The van der Waals surface area contributed by atoms with Crippen LogP contribution in [0.2, 0.25) is 5.02 Å². The van der Waals surface area contributed by atoms with E-state index in [4.69, 9.17) is 26.2 Å². The van der Waals surface area contributed by atoms with Gasteiger partial charge in [0.2, 0.25) is 0 Å². The van der Waals surface area contributed by atoms with Crippen molar-refractivity contribution in [3.63, 3.8) is 0 Å². The van der Waals surface area contributed by atoms with Crippen LogP contribution in [0, 0.1) is 0 Å². The number of anilines is 1. The van der Waals surface area contributed by atoms with Gasteiger partial charge in [-0.3, -0.25) is 9.10 Å². The Morgan fingerprint density at radius 2 is 1.90 bits per heavy atom. The average Bonchev–Trinajstić information content (AvgIpc) is 2.90. The van der Waals surface area contributed by atoms with Gasteiger partial charge in [0.05, 0.1) is 34.8 Å². The number of sulfonamides is 1. The Labute approximate surface area is 228 Å². The molecular formula is C27H23ClF3NO6S. The zero-order valence-corrected chi connectivity index (χ0v) is 22.1. The van der Waals surface area contributed by atoms with Crippen molar-refractivity contribution < 1.29 is 41.0 Å². The van der Waals surface area contributed by atoms with E-state index in [1.807, 2.05) is 0 Å². The van der Waals surface area contributed by atoms with Crippen molar-refractivity contribution in [3.8, 4) is 11.5 Å². The molecule has 0 bridgehead atoms. The molecule has 1 atom stereocenters. The molecular weight excluding hydrogens is 559 g/mol. The number of hydrogen-bond donors (Lipinski definition) is 1. The average molecular weight is 582 g/mol. The highest BCUT2D eigenvalue weighted by Crippen LogP contribution is 2.40. The summed E-state index contributed by atoms with van der Waals surface area (Å²) in [5, 5.41) is 9.51. The van der Waals surface area contributed by atoms with Crippen molar-refractivity contribution in [2.45, 2.75) is 30.0 Å². The maximum Gasteiger partial charge on any atom is 0.416 e. The molecule has 0 saturated carbocycles. The standard InChI is InChI=1S/C27H23ClF3NO6S/c1-37-24-7-3-6-22(28)21(24)11-8-17-9-12-25-23(14-17)32(16-19(38-25)10-13-26(33)34)39(35,36)20-5-2-4-18(15-20)27(29,30)31/h2-9,11-12,14-15,19H,10,13,16H2,1H3,(H,33,34). The topological polar surface area (TPSA) is 93.1 Å². The lowest BCUT2D eigenvalue weighted by Gasteiger charge is -2.35. The second-order valence-corrected chi connectivity index (χ2v) is 10.9. The first-order chi connectivity index (χ1) is 18.4. The van der Waals surface area contributed by atoms with Gasteiger partial charge in [-0.2, -0.15) is 13.2 Å². The van der Waals surface area contributed by atoms with Crippen LogP contribution >= 0.6 is 11.6 Å².